The largest absolute Gasteiger partial charge is 0.369 e. The molecule has 0 spiro atoms. The fraction of sp³-hybridized carbons (Fsp3) is 0.579. The molecule has 1 aromatic carbocycles. The molecule has 1 heterocycles. The molecule has 2 unspecified atom stereocenters. The van der Waals surface area contributed by atoms with E-state index in [1.165, 1.54) is 25.0 Å². The Morgan fingerprint density at radius 3 is 2.73 bits per heavy atom. The molecule has 0 bridgehead atoms. The van der Waals surface area contributed by atoms with Crippen LogP contribution in [0.25, 0.3) is 0 Å². The van der Waals surface area contributed by atoms with Crippen LogP contribution < -0.4 is 16.4 Å². The summed E-state index contributed by atoms with van der Waals surface area (Å²) in [7, 11) is 1.71. The lowest BCUT2D eigenvalue weighted by atomic mass is 9.98. The molecule has 0 aromatic heterocycles. The lowest BCUT2D eigenvalue weighted by molar-refractivity contribution is -0.121. The average Bonchev–Trinajstić information content (AvgIpc) is 3.09. The number of likely N-dealkylation sites (N-methyl/N-ethyl adjacent to an activating group) is 1. The number of nitrogens with two attached hydrogens (primary N) is 1. The number of hydrogen-bond donors (Lipinski definition) is 3. The van der Waals surface area contributed by atoms with E-state index in [2.05, 4.69) is 27.4 Å². The van der Waals surface area contributed by atoms with E-state index in [4.69, 9.17) is 5.73 Å². The zero-order valence-electron chi connectivity index (χ0n) is 15.7. The number of hydrogen-bond acceptors (Lipinski definition) is 3. The Morgan fingerprint density at radius 2 is 2.12 bits per heavy atom. The number of likely N-dealkylation sites (tertiary alicyclic amines) is 1. The Morgan fingerprint density at radius 1 is 1.38 bits per heavy atom. The highest BCUT2D eigenvalue weighted by atomic mass is 19.1. The minimum Gasteiger partial charge on any atom is -0.369 e. The highest BCUT2D eigenvalue weighted by Crippen LogP contribution is 2.15. The summed E-state index contributed by atoms with van der Waals surface area (Å²) in [5.41, 5.74) is 6.41. The Labute approximate surface area is 155 Å². The minimum atomic E-state index is -0.391. The molecule has 2 rings (SSSR count). The molecule has 6 nitrogen and oxygen atoms in total. The first kappa shape index (κ1) is 20.2. The summed E-state index contributed by atoms with van der Waals surface area (Å²) in [6, 6.07) is 6.66. The van der Waals surface area contributed by atoms with Crippen molar-refractivity contribution in [2.75, 3.05) is 33.2 Å². The second-order valence-electron chi connectivity index (χ2n) is 6.69. The van der Waals surface area contributed by atoms with Crippen LogP contribution >= 0.6 is 0 Å². The Kier molecular flexibility index (Phi) is 7.84. The first-order valence-electron chi connectivity index (χ1n) is 9.25. The van der Waals surface area contributed by atoms with Crippen LogP contribution in [0.3, 0.4) is 0 Å². The average molecular weight is 363 g/mol. The van der Waals surface area contributed by atoms with E-state index in [0.717, 1.165) is 25.2 Å². The zero-order valence-corrected chi connectivity index (χ0v) is 15.7. The van der Waals surface area contributed by atoms with Gasteiger partial charge in [0, 0.05) is 26.2 Å². The van der Waals surface area contributed by atoms with Gasteiger partial charge < -0.3 is 16.4 Å². The maximum atomic E-state index is 13.0. The predicted molar refractivity (Wildman–Crippen MR) is 102 cm³/mol. The lowest BCUT2D eigenvalue weighted by Gasteiger charge is -2.24. The van der Waals surface area contributed by atoms with E-state index in [9.17, 15) is 9.18 Å². The fourth-order valence-corrected chi connectivity index (χ4v) is 3.38. The monoisotopic (exact) mass is 363 g/mol. The summed E-state index contributed by atoms with van der Waals surface area (Å²) in [6.45, 7) is 5.59. The standard InChI is InChI=1S/C19H30FN5O/c1-3-25-10-4-5-17(25)13-24-19(22-2)23-12-15(18(21)26)11-14-6-8-16(20)9-7-14/h6-9,15,17H,3-5,10-13H2,1-2H3,(H2,21,26)(H2,22,23,24). The molecule has 1 saturated heterocycles. The topological polar surface area (TPSA) is 82.8 Å². The van der Waals surface area contributed by atoms with Crippen molar-refractivity contribution in [1.82, 2.24) is 15.5 Å². The van der Waals surface area contributed by atoms with Gasteiger partial charge in [0.25, 0.3) is 0 Å². The first-order valence-corrected chi connectivity index (χ1v) is 9.25. The van der Waals surface area contributed by atoms with Gasteiger partial charge in [-0.2, -0.15) is 0 Å². The van der Waals surface area contributed by atoms with Crippen LogP contribution in [0.4, 0.5) is 4.39 Å². The number of guanidine groups is 1. The molecule has 0 saturated carbocycles. The van der Waals surface area contributed by atoms with Gasteiger partial charge in [0.2, 0.25) is 5.91 Å². The van der Waals surface area contributed by atoms with E-state index in [0.29, 0.717) is 25.0 Å². The predicted octanol–water partition coefficient (Wildman–Crippen LogP) is 1.12. The molecule has 4 N–H and O–H groups in total. The number of rotatable bonds is 8. The van der Waals surface area contributed by atoms with Crippen LogP contribution in [-0.4, -0.2) is 56.0 Å². The molecule has 144 valence electrons. The van der Waals surface area contributed by atoms with Crippen molar-refractivity contribution in [2.24, 2.45) is 16.6 Å². The number of primary amides is 1. The summed E-state index contributed by atoms with van der Waals surface area (Å²) in [4.78, 5) is 18.4. The Bertz CT molecular complexity index is 604. The summed E-state index contributed by atoms with van der Waals surface area (Å²) < 4.78 is 13.0. The van der Waals surface area contributed by atoms with E-state index in [1.54, 1.807) is 19.2 Å². The quantitative estimate of drug-likeness (QED) is 0.477. The second-order valence-corrected chi connectivity index (χ2v) is 6.69. The number of carbonyl (C=O) groups excluding carboxylic acids is 1. The van der Waals surface area contributed by atoms with Crippen molar-refractivity contribution in [2.45, 2.75) is 32.2 Å². The van der Waals surface area contributed by atoms with Gasteiger partial charge in [-0.1, -0.05) is 19.1 Å². The molecular formula is C19H30FN5O. The van der Waals surface area contributed by atoms with Crippen LogP contribution in [-0.2, 0) is 11.2 Å². The van der Waals surface area contributed by atoms with Crippen LogP contribution in [0.15, 0.2) is 29.3 Å². The van der Waals surface area contributed by atoms with Gasteiger partial charge in [-0.05, 0) is 50.0 Å². The number of nitrogens with zero attached hydrogens (tertiary/aromatic N) is 2. The van der Waals surface area contributed by atoms with Crippen LogP contribution in [0, 0.1) is 11.7 Å². The third kappa shape index (κ3) is 5.98. The molecule has 0 aliphatic carbocycles. The number of carbonyl (C=O) groups is 1. The Balaban J connectivity index is 1.83. The molecule has 1 aliphatic heterocycles. The highest BCUT2D eigenvalue weighted by molar-refractivity contribution is 5.81. The van der Waals surface area contributed by atoms with Gasteiger partial charge >= 0.3 is 0 Å². The van der Waals surface area contributed by atoms with Gasteiger partial charge in [0.05, 0.1) is 5.92 Å². The molecule has 7 heteroatoms. The number of benzene rings is 1. The first-order chi connectivity index (χ1) is 12.5. The van der Waals surface area contributed by atoms with E-state index >= 15 is 0 Å². The van der Waals surface area contributed by atoms with Crippen molar-refractivity contribution in [1.29, 1.82) is 0 Å². The van der Waals surface area contributed by atoms with Crippen LogP contribution in [0.2, 0.25) is 0 Å². The third-order valence-corrected chi connectivity index (χ3v) is 4.95. The minimum absolute atomic E-state index is 0.292. The SMILES string of the molecule is CCN1CCCC1CNC(=NC)NCC(Cc1ccc(F)cc1)C(N)=O. The molecule has 26 heavy (non-hydrogen) atoms. The lowest BCUT2D eigenvalue weighted by Crippen LogP contribution is -2.47. The maximum absolute atomic E-state index is 13.0. The van der Waals surface area contributed by atoms with Crippen LogP contribution in [0.5, 0.6) is 0 Å². The molecule has 1 fully saturated rings. The Hall–Kier alpha value is -2.15. The van der Waals surface area contributed by atoms with E-state index < -0.39 is 5.92 Å². The van der Waals surface area contributed by atoms with Gasteiger partial charge in [0.1, 0.15) is 5.82 Å². The number of halogens is 1. The highest BCUT2D eigenvalue weighted by Gasteiger charge is 2.23. The second kappa shape index (κ2) is 10.1. The number of aliphatic imine (C=N–C) groups is 1. The molecule has 0 radical (unpaired) electrons. The summed E-state index contributed by atoms with van der Waals surface area (Å²) in [5, 5.41) is 6.52. The molecule has 2 atom stereocenters. The van der Waals surface area contributed by atoms with Gasteiger partial charge in [-0.25, -0.2) is 4.39 Å². The fourth-order valence-electron chi connectivity index (χ4n) is 3.38. The van der Waals surface area contributed by atoms with E-state index in [1.807, 2.05) is 0 Å². The van der Waals surface area contributed by atoms with Crippen LogP contribution in [0.1, 0.15) is 25.3 Å². The third-order valence-electron chi connectivity index (χ3n) is 4.95. The summed E-state index contributed by atoms with van der Waals surface area (Å²) >= 11 is 0. The zero-order chi connectivity index (χ0) is 18.9. The summed E-state index contributed by atoms with van der Waals surface area (Å²) in [5.74, 6) is -0.402. The molecule has 1 aliphatic rings. The van der Waals surface area contributed by atoms with Crippen molar-refractivity contribution in [3.05, 3.63) is 35.6 Å². The van der Waals surface area contributed by atoms with Gasteiger partial charge in [0.15, 0.2) is 5.96 Å². The number of amides is 1. The molecule has 1 aromatic rings. The maximum Gasteiger partial charge on any atom is 0.222 e. The molecule has 1 amide bonds. The number of nitrogens with one attached hydrogen (secondary N) is 2. The van der Waals surface area contributed by atoms with E-state index in [-0.39, 0.29) is 11.7 Å². The van der Waals surface area contributed by atoms with Crippen molar-refractivity contribution in [3.63, 3.8) is 0 Å². The molecular weight excluding hydrogens is 333 g/mol. The summed E-state index contributed by atoms with van der Waals surface area (Å²) in [6.07, 6.45) is 2.88. The van der Waals surface area contributed by atoms with Crippen molar-refractivity contribution in [3.8, 4) is 0 Å². The van der Waals surface area contributed by atoms with Crippen molar-refractivity contribution < 1.29 is 9.18 Å². The normalized spacial score (nSPS) is 19.3. The smallest absolute Gasteiger partial charge is 0.222 e. The van der Waals surface area contributed by atoms with Gasteiger partial charge in [-0.15, -0.1) is 0 Å². The van der Waals surface area contributed by atoms with Gasteiger partial charge in [-0.3, -0.25) is 14.7 Å². The van der Waals surface area contributed by atoms with Crippen molar-refractivity contribution >= 4 is 11.9 Å².